The average molecular weight is 247 g/mol. The second kappa shape index (κ2) is 6.19. The van der Waals surface area contributed by atoms with Crippen LogP contribution in [0.3, 0.4) is 0 Å². The topological polar surface area (TPSA) is 28.2 Å². The van der Waals surface area contributed by atoms with E-state index in [1.807, 2.05) is 6.20 Å². The first-order valence-corrected chi connectivity index (χ1v) is 7.15. The van der Waals surface area contributed by atoms with Crippen molar-refractivity contribution in [3.8, 4) is 0 Å². The third-order valence-electron chi connectivity index (χ3n) is 3.70. The zero-order chi connectivity index (χ0) is 13.0. The van der Waals surface area contributed by atoms with Crippen LogP contribution < -0.4 is 10.2 Å². The molecule has 1 aromatic rings. The van der Waals surface area contributed by atoms with Crippen molar-refractivity contribution in [1.29, 1.82) is 0 Å². The van der Waals surface area contributed by atoms with Crippen LogP contribution in [-0.2, 0) is 6.54 Å². The second-order valence-corrected chi connectivity index (χ2v) is 5.32. The van der Waals surface area contributed by atoms with Crippen LogP contribution in [-0.4, -0.2) is 24.1 Å². The van der Waals surface area contributed by atoms with Gasteiger partial charge in [-0.3, -0.25) is 4.98 Å². The first kappa shape index (κ1) is 13.3. The van der Waals surface area contributed by atoms with E-state index in [1.165, 1.54) is 37.1 Å². The molecule has 1 aliphatic rings. The number of hydrogen-bond donors (Lipinski definition) is 1. The van der Waals surface area contributed by atoms with E-state index in [2.05, 4.69) is 42.0 Å². The molecule has 1 unspecified atom stereocenters. The summed E-state index contributed by atoms with van der Waals surface area (Å²) in [6, 6.07) is 2.90. The van der Waals surface area contributed by atoms with Gasteiger partial charge in [-0.15, -0.1) is 0 Å². The van der Waals surface area contributed by atoms with Gasteiger partial charge < -0.3 is 10.2 Å². The molecule has 0 radical (unpaired) electrons. The van der Waals surface area contributed by atoms with E-state index in [4.69, 9.17) is 0 Å². The highest BCUT2D eigenvalue weighted by Gasteiger charge is 2.22. The molecule has 2 heterocycles. The Bertz CT molecular complexity index is 389. The minimum Gasteiger partial charge on any atom is -0.368 e. The van der Waals surface area contributed by atoms with Gasteiger partial charge in [0.15, 0.2) is 0 Å². The van der Waals surface area contributed by atoms with Gasteiger partial charge in [0.25, 0.3) is 0 Å². The third-order valence-corrected chi connectivity index (χ3v) is 3.70. The number of anilines is 1. The van der Waals surface area contributed by atoms with Crippen molar-refractivity contribution in [2.45, 2.75) is 52.6 Å². The van der Waals surface area contributed by atoms with Gasteiger partial charge in [-0.25, -0.2) is 0 Å². The lowest BCUT2D eigenvalue weighted by molar-refractivity contribution is 0.667. The zero-order valence-corrected chi connectivity index (χ0v) is 11.9. The Morgan fingerprint density at radius 1 is 1.50 bits per heavy atom. The van der Waals surface area contributed by atoms with E-state index in [-0.39, 0.29) is 0 Å². The third kappa shape index (κ3) is 3.02. The van der Waals surface area contributed by atoms with Crippen LogP contribution in [0.4, 0.5) is 5.69 Å². The molecular weight excluding hydrogens is 222 g/mol. The highest BCUT2D eigenvalue weighted by Crippen LogP contribution is 2.28. The van der Waals surface area contributed by atoms with Gasteiger partial charge in [-0.2, -0.15) is 0 Å². The summed E-state index contributed by atoms with van der Waals surface area (Å²) in [7, 11) is 0. The van der Waals surface area contributed by atoms with Gasteiger partial charge in [0.2, 0.25) is 0 Å². The van der Waals surface area contributed by atoms with Gasteiger partial charge in [0.05, 0.1) is 0 Å². The summed E-state index contributed by atoms with van der Waals surface area (Å²) in [5.74, 6) is 0. The summed E-state index contributed by atoms with van der Waals surface area (Å²) in [5.41, 5.74) is 3.84. The molecule has 100 valence electrons. The van der Waals surface area contributed by atoms with Crippen molar-refractivity contribution >= 4 is 5.69 Å². The molecule has 1 aliphatic heterocycles. The van der Waals surface area contributed by atoms with Gasteiger partial charge in [-0.05, 0) is 45.7 Å². The van der Waals surface area contributed by atoms with E-state index in [0.717, 1.165) is 18.8 Å². The predicted octanol–water partition coefficient (Wildman–Crippen LogP) is 2.88. The Morgan fingerprint density at radius 2 is 2.33 bits per heavy atom. The molecule has 1 fully saturated rings. The largest absolute Gasteiger partial charge is 0.368 e. The first-order chi connectivity index (χ1) is 8.72. The van der Waals surface area contributed by atoms with E-state index in [9.17, 15) is 0 Å². The SMILES string of the molecule is CCCNCc1cnc(C)cc1N1CCCC1C. The Hall–Kier alpha value is -1.09. The smallest absolute Gasteiger partial charge is 0.0447 e. The predicted molar refractivity (Wildman–Crippen MR) is 77.0 cm³/mol. The molecule has 3 heteroatoms. The zero-order valence-electron chi connectivity index (χ0n) is 11.9. The molecule has 18 heavy (non-hydrogen) atoms. The Balaban J connectivity index is 2.17. The van der Waals surface area contributed by atoms with Crippen LogP contribution in [0.15, 0.2) is 12.3 Å². The van der Waals surface area contributed by atoms with Crippen molar-refractivity contribution in [3.63, 3.8) is 0 Å². The first-order valence-electron chi connectivity index (χ1n) is 7.15. The fourth-order valence-electron chi connectivity index (χ4n) is 2.67. The van der Waals surface area contributed by atoms with E-state index >= 15 is 0 Å². The fraction of sp³-hybridized carbons (Fsp3) is 0.667. The maximum atomic E-state index is 4.45. The maximum Gasteiger partial charge on any atom is 0.0447 e. The van der Waals surface area contributed by atoms with Crippen LogP contribution in [0.2, 0.25) is 0 Å². The van der Waals surface area contributed by atoms with Crippen LogP contribution in [0.25, 0.3) is 0 Å². The molecule has 0 spiro atoms. The van der Waals surface area contributed by atoms with E-state index in [0.29, 0.717) is 6.04 Å². The molecule has 1 aromatic heterocycles. The lowest BCUT2D eigenvalue weighted by Gasteiger charge is -2.26. The van der Waals surface area contributed by atoms with Crippen LogP contribution in [0, 0.1) is 6.92 Å². The van der Waals surface area contributed by atoms with Crippen molar-refractivity contribution in [2.24, 2.45) is 0 Å². The highest BCUT2D eigenvalue weighted by atomic mass is 15.2. The molecule has 1 atom stereocenters. The highest BCUT2D eigenvalue weighted by molar-refractivity contribution is 5.55. The summed E-state index contributed by atoms with van der Waals surface area (Å²) in [5, 5.41) is 3.48. The molecule has 1 N–H and O–H groups in total. The van der Waals surface area contributed by atoms with E-state index < -0.39 is 0 Å². The minimum absolute atomic E-state index is 0.664. The van der Waals surface area contributed by atoms with Crippen molar-refractivity contribution in [3.05, 3.63) is 23.5 Å². The number of nitrogens with zero attached hydrogens (tertiary/aromatic N) is 2. The van der Waals surface area contributed by atoms with Crippen LogP contribution >= 0.6 is 0 Å². The second-order valence-electron chi connectivity index (χ2n) is 5.32. The molecule has 0 aliphatic carbocycles. The molecular formula is C15H25N3. The lowest BCUT2D eigenvalue weighted by atomic mass is 10.1. The summed E-state index contributed by atoms with van der Waals surface area (Å²) in [6.07, 6.45) is 5.83. The van der Waals surface area contributed by atoms with Crippen LogP contribution in [0.5, 0.6) is 0 Å². The molecule has 3 nitrogen and oxygen atoms in total. The maximum absolute atomic E-state index is 4.45. The lowest BCUT2D eigenvalue weighted by Crippen LogP contribution is -2.28. The van der Waals surface area contributed by atoms with Gasteiger partial charge in [-0.1, -0.05) is 6.92 Å². The summed E-state index contributed by atoms with van der Waals surface area (Å²) < 4.78 is 0. The standard InChI is InChI=1S/C15H25N3/c1-4-7-16-10-14-11-17-12(2)9-15(14)18-8-5-6-13(18)3/h9,11,13,16H,4-8,10H2,1-3H3. The Morgan fingerprint density at radius 3 is 3.00 bits per heavy atom. The molecule has 0 amide bonds. The molecule has 0 saturated carbocycles. The molecule has 0 bridgehead atoms. The average Bonchev–Trinajstić information content (AvgIpc) is 2.77. The number of aromatic nitrogens is 1. The fourth-order valence-corrected chi connectivity index (χ4v) is 2.67. The Kier molecular flexibility index (Phi) is 4.59. The summed E-state index contributed by atoms with van der Waals surface area (Å²) >= 11 is 0. The molecule has 0 aromatic carbocycles. The normalized spacial score (nSPS) is 19.5. The van der Waals surface area contributed by atoms with Gasteiger partial charge >= 0.3 is 0 Å². The number of rotatable bonds is 5. The molecule has 1 saturated heterocycles. The quantitative estimate of drug-likeness (QED) is 0.811. The van der Waals surface area contributed by atoms with Crippen molar-refractivity contribution < 1.29 is 0 Å². The van der Waals surface area contributed by atoms with Gasteiger partial charge in [0, 0.05) is 42.3 Å². The molecule has 2 rings (SSSR count). The minimum atomic E-state index is 0.664. The monoisotopic (exact) mass is 247 g/mol. The number of nitrogens with one attached hydrogen (secondary N) is 1. The van der Waals surface area contributed by atoms with E-state index in [1.54, 1.807) is 0 Å². The summed E-state index contributed by atoms with van der Waals surface area (Å²) in [6.45, 7) is 9.79. The summed E-state index contributed by atoms with van der Waals surface area (Å²) in [4.78, 5) is 6.99. The van der Waals surface area contributed by atoms with Gasteiger partial charge in [0.1, 0.15) is 0 Å². The van der Waals surface area contributed by atoms with Crippen LogP contribution in [0.1, 0.15) is 44.4 Å². The number of pyridine rings is 1. The number of aryl methyl sites for hydroxylation is 1. The number of hydrogen-bond acceptors (Lipinski definition) is 3. The van der Waals surface area contributed by atoms with Crippen molar-refractivity contribution in [1.82, 2.24) is 10.3 Å². The van der Waals surface area contributed by atoms with Crippen molar-refractivity contribution in [2.75, 3.05) is 18.0 Å². The Labute approximate surface area is 111 Å².